The van der Waals surface area contributed by atoms with Gasteiger partial charge in [0.15, 0.2) is 0 Å². The molecule has 3 atom stereocenters. The second-order valence-corrected chi connectivity index (χ2v) is 6.22. The van der Waals surface area contributed by atoms with E-state index in [4.69, 9.17) is 4.74 Å². The molecule has 3 unspecified atom stereocenters. The number of halogens is 3. The van der Waals surface area contributed by atoms with E-state index < -0.39 is 6.36 Å². The summed E-state index contributed by atoms with van der Waals surface area (Å²) < 4.78 is 45.4. The highest BCUT2D eigenvalue weighted by atomic mass is 19.4. The normalized spacial score (nSPS) is 26.3. The summed E-state index contributed by atoms with van der Waals surface area (Å²) in [5, 5.41) is 3.32. The van der Waals surface area contributed by atoms with E-state index in [9.17, 15) is 18.0 Å². The summed E-state index contributed by atoms with van der Waals surface area (Å²) in [5.41, 5.74) is 0.603. The van der Waals surface area contributed by atoms with E-state index >= 15 is 0 Å². The maximum Gasteiger partial charge on any atom is 0.573 e. The summed E-state index contributed by atoms with van der Waals surface area (Å²) in [6.07, 6.45) is -5.10. The first-order valence-electron chi connectivity index (χ1n) is 7.82. The Balaban J connectivity index is 1.51. The number of fused-ring (bicyclic) bond motifs is 1. The quantitative estimate of drug-likeness (QED) is 0.916. The van der Waals surface area contributed by atoms with Crippen LogP contribution in [0.4, 0.5) is 18.0 Å². The van der Waals surface area contributed by atoms with E-state index in [0.717, 1.165) is 13.1 Å². The molecule has 2 heterocycles. The molecule has 0 bridgehead atoms. The third-order valence-corrected chi connectivity index (χ3v) is 4.69. The number of hydrogen-bond acceptors (Lipinski definition) is 4. The number of benzene rings is 1. The number of likely N-dealkylation sites (tertiary alicyclic amines) is 1. The van der Waals surface area contributed by atoms with Gasteiger partial charge in [-0.3, -0.25) is 0 Å². The molecule has 0 aliphatic carbocycles. The molecule has 3 rings (SSSR count). The van der Waals surface area contributed by atoms with E-state index in [1.165, 1.54) is 24.3 Å². The van der Waals surface area contributed by atoms with Crippen LogP contribution < -0.4 is 10.1 Å². The van der Waals surface area contributed by atoms with Crippen molar-refractivity contribution in [1.29, 1.82) is 0 Å². The van der Waals surface area contributed by atoms with E-state index in [1.54, 1.807) is 4.90 Å². The largest absolute Gasteiger partial charge is 0.573 e. The van der Waals surface area contributed by atoms with Crippen molar-refractivity contribution in [3.8, 4) is 5.75 Å². The van der Waals surface area contributed by atoms with Crippen molar-refractivity contribution in [2.24, 2.45) is 11.8 Å². The van der Waals surface area contributed by atoms with Gasteiger partial charge in [-0.25, -0.2) is 4.79 Å². The Labute approximate surface area is 137 Å². The third-order valence-electron chi connectivity index (χ3n) is 4.69. The highest BCUT2D eigenvalue weighted by molar-refractivity contribution is 5.68. The number of alkyl halides is 3. The highest BCUT2D eigenvalue weighted by Crippen LogP contribution is 2.32. The standard InChI is InChI=1S/C16H19F3N2O3/c1-10-14-7-20-6-12(14)8-21(10)15(22)23-9-11-2-4-13(5-3-11)24-16(17,18)19/h2-5,10,12,14,20H,6-9H2,1H3. The summed E-state index contributed by atoms with van der Waals surface area (Å²) in [6.45, 7) is 4.54. The van der Waals surface area contributed by atoms with E-state index in [1.807, 2.05) is 6.92 Å². The first-order valence-corrected chi connectivity index (χ1v) is 7.82. The lowest BCUT2D eigenvalue weighted by atomic mass is 9.95. The van der Waals surface area contributed by atoms with Gasteiger partial charge in [0, 0.05) is 25.7 Å². The number of nitrogens with zero attached hydrogens (tertiary/aromatic N) is 1. The molecule has 0 radical (unpaired) electrons. The first kappa shape index (κ1) is 16.9. The van der Waals surface area contributed by atoms with Crippen LogP contribution in [0.15, 0.2) is 24.3 Å². The summed E-state index contributed by atoms with van der Waals surface area (Å²) in [6, 6.07) is 5.41. The zero-order chi connectivity index (χ0) is 17.3. The predicted octanol–water partition coefficient (Wildman–Crippen LogP) is 2.76. The van der Waals surface area contributed by atoms with Crippen LogP contribution in [-0.2, 0) is 11.3 Å². The molecule has 0 saturated carbocycles. The Morgan fingerprint density at radius 3 is 2.62 bits per heavy atom. The van der Waals surface area contributed by atoms with Crippen molar-refractivity contribution in [3.05, 3.63) is 29.8 Å². The number of amides is 1. The van der Waals surface area contributed by atoms with Gasteiger partial charge in [0.05, 0.1) is 0 Å². The maximum atomic E-state index is 12.2. The van der Waals surface area contributed by atoms with Gasteiger partial charge in [0.25, 0.3) is 0 Å². The molecular weight excluding hydrogens is 325 g/mol. The summed E-state index contributed by atoms with van der Waals surface area (Å²) >= 11 is 0. The van der Waals surface area contributed by atoms with Gasteiger partial charge >= 0.3 is 12.5 Å². The number of rotatable bonds is 3. The van der Waals surface area contributed by atoms with Crippen molar-refractivity contribution >= 4 is 6.09 Å². The summed E-state index contributed by atoms with van der Waals surface area (Å²) in [7, 11) is 0. The molecule has 2 fully saturated rings. The minimum absolute atomic E-state index is 0.0158. The number of carbonyl (C=O) groups is 1. The Bertz CT molecular complexity index is 591. The first-order chi connectivity index (χ1) is 11.3. The Kier molecular flexibility index (Phi) is 4.58. The van der Waals surface area contributed by atoms with Gasteiger partial charge in [-0.15, -0.1) is 13.2 Å². The maximum absolute atomic E-state index is 12.2. The van der Waals surface area contributed by atoms with Crippen LogP contribution in [0.1, 0.15) is 12.5 Å². The Morgan fingerprint density at radius 2 is 2.00 bits per heavy atom. The summed E-state index contributed by atoms with van der Waals surface area (Å²) in [4.78, 5) is 14.0. The van der Waals surface area contributed by atoms with Crippen molar-refractivity contribution in [2.45, 2.75) is 25.9 Å². The summed E-state index contributed by atoms with van der Waals surface area (Å²) in [5.74, 6) is 0.619. The van der Waals surface area contributed by atoms with Crippen LogP contribution in [0, 0.1) is 11.8 Å². The van der Waals surface area contributed by atoms with Crippen LogP contribution in [0.2, 0.25) is 0 Å². The van der Waals surface area contributed by atoms with Crippen LogP contribution in [0.5, 0.6) is 5.75 Å². The number of nitrogens with one attached hydrogen (secondary N) is 1. The molecule has 8 heteroatoms. The smallest absolute Gasteiger partial charge is 0.445 e. The predicted molar refractivity (Wildman–Crippen MR) is 79.3 cm³/mol. The molecule has 0 spiro atoms. The van der Waals surface area contributed by atoms with E-state index in [-0.39, 0.29) is 24.5 Å². The molecule has 0 aromatic heterocycles. The zero-order valence-corrected chi connectivity index (χ0v) is 13.2. The SMILES string of the molecule is CC1C2CNCC2CN1C(=O)OCc1ccc(OC(F)(F)F)cc1. The lowest BCUT2D eigenvalue weighted by molar-refractivity contribution is -0.274. The van der Waals surface area contributed by atoms with E-state index in [2.05, 4.69) is 10.1 Å². The molecule has 2 saturated heterocycles. The van der Waals surface area contributed by atoms with Crippen LogP contribution in [0.3, 0.4) is 0 Å². The van der Waals surface area contributed by atoms with Gasteiger partial charge in [0.1, 0.15) is 12.4 Å². The van der Waals surface area contributed by atoms with Gasteiger partial charge in [-0.1, -0.05) is 12.1 Å². The molecule has 1 aromatic carbocycles. The average molecular weight is 344 g/mol. The Hall–Kier alpha value is -1.96. The fraction of sp³-hybridized carbons (Fsp3) is 0.562. The monoisotopic (exact) mass is 344 g/mol. The lowest BCUT2D eigenvalue weighted by Crippen LogP contribution is -2.38. The van der Waals surface area contributed by atoms with Gasteiger partial charge in [0.2, 0.25) is 0 Å². The molecule has 1 aromatic rings. The molecule has 5 nitrogen and oxygen atoms in total. The van der Waals surface area contributed by atoms with Crippen molar-refractivity contribution in [1.82, 2.24) is 10.2 Å². The number of hydrogen-bond donors (Lipinski definition) is 1. The van der Waals surface area contributed by atoms with Gasteiger partial charge in [-0.2, -0.15) is 0 Å². The number of ether oxygens (including phenoxy) is 2. The van der Waals surface area contributed by atoms with Crippen molar-refractivity contribution in [2.75, 3.05) is 19.6 Å². The molecule has 1 amide bonds. The van der Waals surface area contributed by atoms with Crippen molar-refractivity contribution in [3.63, 3.8) is 0 Å². The molecule has 2 aliphatic heterocycles. The minimum Gasteiger partial charge on any atom is -0.445 e. The molecule has 132 valence electrons. The van der Waals surface area contributed by atoms with Gasteiger partial charge < -0.3 is 19.7 Å². The number of carbonyl (C=O) groups excluding carboxylic acids is 1. The zero-order valence-electron chi connectivity index (χ0n) is 13.2. The topological polar surface area (TPSA) is 50.8 Å². The average Bonchev–Trinajstić information content (AvgIpc) is 3.08. The van der Waals surface area contributed by atoms with Crippen LogP contribution in [-0.4, -0.2) is 43.0 Å². The minimum atomic E-state index is -4.72. The second kappa shape index (κ2) is 6.51. The molecule has 24 heavy (non-hydrogen) atoms. The molecule has 1 N–H and O–H groups in total. The highest BCUT2D eigenvalue weighted by Gasteiger charge is 2.44. The fourth-order valence-corrected chi connectivity index (χ4v) is 3.42. The Morgan fingerprint density at radius 1 is 1.29 bits per heavy atom. The van der Waals surface area contributed by atoms with Gasteiger partial charge in [-0.05, 0) is 36.5 Å². The van der Waals surface area contributed by atoms with Crippen molar-refractivity contribution < 1.29 is 27.4 Å². The lowest BCUT2D eigenvalue weighted by Gasteiger charge is -2.23. The van der Waals surface area contributed by atoms with Crippen LogP contribution in [0.25, 0.3) is 0 Å². The fourth-order valence-electron chi connectivity index (χ4n) is 3.42. The molecular formula is C16H19F3N2O3. The van der Waals surface area contributed by atoms with Crippen LogP contribution >= 0.6 is 0 Å². The second-order valence-electron chi connectivity index (χ2n) is 6.22. The molecule has 2 aliphatic rings. The van der Waals surface area contributed by atoms with E-state index in [0.29, 0.717) is 23.9 Å². The third kappa shape index (κ3) is 3.75.